The lowest BCUT2D eigenvalue weighted by Gasteiger charge is -2.37. The van der Waals surface area contributed by atoms with E-state index in [0.29, 0.717) is 6.04 Å². The van der Waals surface area contributed by atoms with Crippen LogP contribution < -0.4 is 5.32 Å². The number of aliphatic imine (C=N–C) groups is 1. The Kier molecular flexibility index (Phi) is 7.74. The van der Waals surface area contributed by atoms with E-state index in [0.717, 1.165) is 43.3 Å². The van der Waals surface area contributed by atoms with E-state index in [9.17, 15) is 0 Å². The minimum Gasteiger partial charge on any atom is -0.355 e. The summed E-state index contributed by atoms with van der Waals surface area (Å²) in [5, 5.41) is 3.62. The Bertz CT molecular complexity index is 329. The Morgan fingerprint density at radius 2 is 1.81 bits per heavy atom. The van der Waals surface area contributed by atoms with Crippen molar-refractivity contribution < 1.29 is 0 Å². The molecule has 2 fully saturated rings. The molecule has 0 aromatic rings. The number of hydrogen-bond acceptors (Lipinski definition) is 2. The number of rotatable bonds is 4. The van der Waals surface area contributed by atoms with Crippen molar-refractivity contribution in [2.45, 2.75) is 39.2 Å². The van der Waals surface area contributed by atoms with Crippen LogP contribution in [0.25, 0.3) is 0 Å². The molecule has 0 aromatic carbocycles. The molecular formula is C16H33IN4. The van der Waals surface area contributed by atoms with Crippen molar-refractivity contribution in [3.05, 3.63) is 0 Å². The standard InChI is InChI=1S/C16H32N4.HI/c1-12-8-13(2)11-20(10-12)16(17-3)18-9-15(19(4)5)14-6-7-14;/h12-15H,6-11H2,1-5H3,(H,17,18);1H. The number of likely N-dealkylation sites (tertiary alicyclic amines) is 1. The van der Waals surface area contributed by atoms with Crippen molar-refractivity contribution in [2.24, 2.45) is 22.7 Å². The van der Waals surface area contributed by atoms with Crippen molar-refractivity contribution in [3.8, 4) is 0 Å². The minimum atomic E-state index is 0. The first-order valence-electron chi connectivity index (χ1n) is 8.13. The zero-order valence-electron chi connectivity index (χ0n) is 14.3. The molecule has 0 amide bonds. The van der Waals surface area contributed by atoms with Crippen LogP contribution in [-0.2, 0) is 0 Å². The second-order valence-corrected chi connectivity index (χ2v) is 7.15. The molecule has 2 aliphatic rings. The zero-order chi connectivity index (χ0) is 14.7. The van der Waals surface area contributed by atoms with Crippen molar-refractivity contribution in [3.63, 3.8) is 0 Å². The Balaban J connectivity index is 0.00000220. The summed E-state index contributed by atoms with van der Waals surface area (Å²) in [6, 6.07) is 0.645. The summed E-state index contributed by atoms with van der Waals surface area (Å²) >= 11 is 0. The summed E-state index contributed by atoms with van der Waals surface area (Å²) in [6.07, 6.45) is 4.12. The van der Waals surface area contributed by atoms with Gasteiger partial charge in [-0.2, -0.15) is 0 Å². The number of nitrogens with one attached hydrogen (secondary N) is 1. The third-order valence-electron chi connectivity index (χ3n) is 4.68. The molecule has 1 saturated carbocycles. The highest BCUT2D eigenvalue weighted by Gasteiger charge is 2.33. The first-order valence-corrected chi connectivity index (χ1v) is 8.13. The Morgan fingerprint density at radius 1 is 1.24 bits per heavy atom. The summed E-state index contributed by atoms with van der Waals surface area (Å²) in [6.45, 7) is 8.00. The minimum absolute atomic E-state index is 0. The molecule has 3 atom stereocenters. The average Bonchev–Trinajstić information content (AvgIpc) is 3.17. The predicted molar refractivity (Wildman–Crippen MR) is 101 cm³/mol. The normalized spacial score (nSPS) is 28.3. The first kappa shape index (κ1) is 19.0. The van der Waals surface area contributed by atoms with Gasteiger partial charge in [0.25, 0.3) is 0 Å². The second-order valence-electron chi connectivity index (χ2n) is 7.15. The molecule has 5 heteroatoms. The summed E-state index contributed by atoms with van der Waals surface area (Å²) < 4.78 is 0. The molecule has 1 heterocycles. The highest BCUT2D eigenvalue weighted by atomic mass is 127. The number of nitrogens with zero attached hydrogens (tertiary/aromatic N) is 3. The van der Waals surface area contributed by atoms with E-state index in [4.69, 9.17) is 0 Å². The number of halogens is 1. The fourth-order valence-corrected chi connectivity index (χ4v) is 3.62. The average molecular weight is 408 g/mol. The lowest BCUT2D eigenvalue weighted by Crippen LogP contribution is -2.51. The van der Waals surface area contributed by atoms with E-state index >= 15 is 0 Å². The van der Waals surface area contributed by atoms with Crippen LogP contribution in [0, 0.1) is 17.8 Å². The summed E-state index contributed by atoms with van der Waals surface area (Å²) in [5.74, 6) is 3.52. The second kappa shape index (κ2) is 8.56. The molecule has 0 radical (unpaired) electrons. The van der Waals surface area contributed by atoms with Crippen molar-refractivity contribution in [2.75, 3.05) is 40.8 Å². The van der Waals surface area contributed by atoms with Crippen molar-refractivity contribution in [1.29, 1.82) is 0 Å². The maximum Gasteiger partial charge on any atom is 0.193 e. The van der Waals surface area contributed by atoms with Gasteiger partial charge in [-0.05, 0) is 51.1 Å². The van der Waals surface area contributed by atoms with Crippen LogP contribution in [0.4, 0.5) is 0 Å². The van der Waals surface area contributed by atoms with Gasteiger partial charge in [-0.1, -0.05) is 13.8 Å². The van der Waals surface area contributed by atoms with Gasteiger partial charge in [0, 0.05) is 32.7 Å². The summed E-state index contributed by atoms with van der Waals surface area (Å²) in [4.78, 5) is 9.31. The Labute approximate surface area is 147 Å². The largest absolute Gasteiger partial charge is 0.355 e. The monoisotopic (exact) mass is 408 g/mol. The van der Waals surface area contributed by atoms with E-state index in [1.807, 2.05) is 7.05 Å². The molecule has 0 bridgehead atoms. The van der Waals surface area contributed by atoms with Gasteiger partial charge in [0.2, 0.25) is 0 Å². The van der Waals surface area contributed by atoms with Gasteiger partial charge in [-0.15, -0.1) is 24.0 Å². The molecule has 2 rings (SSSR count). The van der Waals surface area contributed by atoms with E-state index < -0.39 is 0 Å². The van der Waals surface area contributed by atoms with E-state index in [-0.39, 0.29) is 24.0 Å². The van der Waals surface area contributed by atoms with E-state index in [1.165, 1.54) is 19.3 Å². The Morgan fingerprint density at radius 3 is 2.24 bits per heavy atom. The molecule has 124 valence electrons. The maximum atomic E-state index is 4.50. The van der Waals surface area contributed by atoms with E-state index in [2.05, 4.69) is 48.1 Å². The first-order chi connectivity index (χ1) is 9.51. The molecule has 0 spiro atoms. The number of likely N-dealkylation sites (N-methyl/N-ethyl adjacent to an activating group) is 1. The van der Waals surface area contributed by atoms with Gasteiger partial charge in [-0.3, -0.25) is 4.99 Å². The van der Waals surface area contributed by atoms with Gasteiger partial charge in [0.15, 0.2) is 5.96 Å². The van der Waals surface area contributed by atoms with Gasteiger partial charge in [-0.25, -0.2) is 0 Å². The number of piperidine rings is 1. The number of hydrogen-bond donors (Lipinski definition) is 1. The quantitative estimate of drug-likeness (QED) is 0.441. The van der Waals surface area contributed by atoms with Gasteiger partial charge >= 0.3 is 0 Å². The van der Waals surface area contributed by atoms with Gasteiger partial charge < -0.3 is 15.1 Å². The molecule has 0 aromatic heterocycles. The van der Waals surface area contributed by atoms with Gasteiger partial charge in [0.1, 0.15) is 0 Å². The van der Waals surface area contributed by atoms with Crippen LogP contribution in [0.15, 0.2) is 4.99 Å². The van der Waals surface area contributed by atoms with Crippen LogP contribution in [0.1, 0.15) is 33.1 Å². The molecular weight excluding hydrogens is 375 g/mol. The van der Waals surface area contributed by atoms with Crippen LogP contribution in [0.2, 0.25) is 0 Å². The lowest BCUT2D eigenvalue weighted by atomic mass is 9.92. The summed E-state index contributed by atoms with van der Waals surface area (Å²) in [5.41, 5.74) is 0. The smallest absolute Gasteiger partial charge is 0.193 e. The molecule has 3 unspecified atom stereocenters. The van der Waals surface area contributed by atoms with Crippen LogP contribution >= 0.6 is 24.0 Å². The highest BCUT2D eigenvalue weighted by Crippen LogP contribution is 2.34. The van der Waals surface area contributed by atoms with Gasteiger partial charge in [0.05, 0.1) is 0 Å². The van der Waals surface area contributed by atoms with Crippen molar-refractivity contribution >= 4 is 29.9 Å². The zero-order valence-corrected chi connectivity index (χ0v) is 16.6. The number of guanidine groups is 1. The topological polar surface area (TPSA) is 30.9 Å². The van der Waals surface area contributed by atoms with E-state index in [1.54, 1.807) is 0 Å². The molecule has 1 aliphatic heterocycles. The Hall–Kier alpha value is -0.0400. The SMILES string of the molecule is CN=C(NCC(C1CC1)N(C)C)N1CC(C)CC(C)C1.I. The molecule has 4 nitrogen and oxygen atoms in total. The van der Waals surface area contributed by atoms with Crippen LogP contribution in [0.3, 0.4) is 0 Å². The predicted octanol–water partition coefficient (Wildman–Crippen LogP) is 2.50. The molecule has 1 N–H and O–H groups in total. The highest BCUT2D eigenvalue weighted by molar-refractivity contribution is 14.0. The lowest BCUT2D eigenvalue weighted by molar-refractivity contribution is 0.204. The molecule has 1 aliphatic carbocycles. The fourth-order valence-electron chi connectivity index (χ4n) is 3.62. The molecule has 1 saturated heterocycles. The summed E-state index contributed by atoms with van der Waals surface area (Å²) in [7, 11) is 6.30. The maximum absolute atomic E-state index is 4.50. The third-order valence-corrected chi connectivity index (χ3v) is 4.68. The fraction of sp³-hybridized carbons (Fsp3) is 0.938. The van der Waals surface area contributed by atoms with Crippen LogP contribution in [-0.4, -0.2) is 62.6 Å². The third kappa shape index (κ3) is 5.58. The van der Waals surface area contributed by atoms with Crippen LogP contribution in [0.5, 0.6) is 0 Å². The molecule has 21 heavy (non-hydrogen) atoms. The van der Waals surface area contributed by atoms with Crippen molar-refractivity contribution in [1.82, 2.24) is 15.1 Å².